The summed E-state index contributed by atoms with van der Waals surface area (Å²) in [7, 11) is 1.72. The van der Waals surface area contributed by atoms with Crippen LogP contribution in [0.4, 0.5) is 0 Å². The van der Waals surface area contributed by atoms with E-state index in [1.165, 1.54) is 16.7 Å². The van der Waals surface area contributed by atoms with Gasteiger partial charge in [0.25, 0.3) is 0 Å². The molecule has 2 unspecified atom stereocenters. The zero-order valence-corrected chi connectivity index (χ0v) is 13.4. The fourth-order valence-electron chi connectivity index (χ4n) is 2.77. The van der Waals surface area contributed by atoms with Gasteiger partial charge in [0, 0.05) is 17.6 Å². The molecular formula is C19H25NO. The Bertz CT molecular complexity index is 579. The van der Waals surface area contributed by atoms with Crippen LogP contribution in [0.3, 0.4) is 0 Å². The Labute approximate surface area is 128 Å². The van der Waals surface area contributed by atoms with E-state index in [-0.39, 0.29) is 6.04 Å². The Hall–Kier alpha value is -1.80. The Morgan fingerprint density at radius 2 is 1.67 bits per heavy atom. The van der Waals surface area contributed by atoms with E-state index >= 15 is 0 Å². The molecule has 0 bridgehead atoms. The molecule has 21 heavy (non-hydrogen) atoms. The van der Waals surface area contributed by atoms with E-state index in [2.05, 4.69) is 62.5 Å². The van der Waals surface area contributed by atoms with Gasteiger partial charge in [0.1, 0.15) is 5.75 Å². The molecule has 2 aromatic carbocycles. The van der Waals surface area contributed by atoms with Crippen LogP contribution in [0.5, 0.6) is 5.75 Å². The molecule has 0 aliphatic rings. The minimum absolute atomic E-state index is 0.264. The first-order valence-corrected chi connectivity index (χ1v) is 7.55. The first-order chi connectivity index (χ1) is 10.1. The number of nitrogens with one attached hydrogen (secondary N) is 1. The van der Waals surface area contributed by atoms with Crippen LogP contribution in [0.2, 0.25) is 0 Å². The van der Waals surface area contributed by atoms with E-state index < -0.39 is 0 Å². The molecule has 0 saturated carbocycles. The van der Waals surface area contributed by atoms with Gasteiger partial charge in [-0.25, -0.2) is 0 Å². The zero-order valence-electron chi connectivity index (χ0n) is 13.4. The van der Waals surface area contributed by atoms with Crippen molar-refractivity contribution in [3.8, 4) is 5.75 Å². The van der Waals surface area contributed by atoms with Crippen molar-refractivity contribution < 1.29 is 4.74 Å². The van der Waals surface area contributed by atoms with Crippen molar-refractivity contribution >= 4 is 0 Å². The van der Waals surface area contributed by atoms with Crippen LogP contribution < -0.4 is 10.1 Å². The highest BCUT2D eigenvalue weighted by Gasteiger charge is 2.14. The monoisotopic (exact) mass is 283 g/mol. The Kier molecular flexibility index (Phi) is 5.40. The topological polar surface area (TPSA) is 21.3 Å². The number of benzene rings is 2. The molecule has 2 rings (SSSR count). The lowest BCUT2D eigenvalue weighted by Crippen LogP contribution is -2.31. The first kappa shape index (κ1) is 15.6. The van der Waals surface area contributed by atoms with Gasteiger partial charge in [0.2, 0.25) is 0 Å². The molecule has 1 N–H and O–H groups in total. The number of rotatable bonds is 6. The largest absolute Gasteiger partial charge is 0.496 e. The maximum absolute atomic E-state index is 5.45. The van der Waals surface area contributed by atoms with Gasteiger partial charge in [-0.2, -0.15) is 0 Å². The summed E-state index contributed by atoms with van der Waals surface area (Å²) in [6, 6.07) is 17.5. The molecular weight excluding hydrogens is 258 g/mol. The average Bonchev–Trinajstić information content (AvgIpc) is 2.49. The van der Waals surface area contributed by atoms with Crippen LogP contribution >= 0.6 is 0 Å². The van der Waals surface area contributed by atoms with Gasteiger partial charge >= 0.3 is 0 Å². The summed E-state index contributed by atoms with van der Waals surface area (Å²) in [5.41, 5.74) is 3.97. The molecule has 0 aliphatic heterocycles. The molecule has 0 heterocycles. The molecule has 0 amide bonds. The molecule has 0 fully saturated rings. The lowest BCUT2D eigenvalue weighted by atomic mass is 10.0. The summed E-state index contributed by atoms with van der Waals surface area (Å²) >= 11 is 0. The Morgan fingerprint density at radius 1 is 1.00 bits per heavy atom. The minimum atomic E-state index is 0.264. The SMILES string of the molecule is COc1ccccc1C(C)NC(C)Cc1ccccc1C. The number of ether oxygens (including phenoxy) is 1. The maximum atomic E-state index is 5.45. The van der Waals surface area contributed by atoms with Gasteiger partial charge in [-0.1, -0.05) is 42.5 Å². The number of methoxy groups -OCH3 is 1. The van der Waals surface area contributed by atoms with Crippen molar-refractivity contribution in [2.75, 3.05) is 7.11 Å². The Morgan fingerprint density at radius 3 is 2.38 bits per heavy atom. The van der Waals surface area contributed by atoms with Crippen LogP contribution in [-0.2, 0) is 6.42 Å². The van der Waals surface area contributed by atoms with Crippen molar-refractivity contribution in [1.82, 2.24) is 5.32 Å². The highest BCUT2D eigenvalue weighted by Crippen LogP contribution is 2.25. The van der Waals surface area contributed by atoms with Crippen LogP contribution in [0.1, 0.15) is 36.6 Å². The third kappa shape index (κ3) is 4.08. The molecule has 2 heteroatoms. The second-order valence-corrected chi connectivity index (χ2v) is 5.66. The zero-order chi connectivity index (χ0) is 15.2. The van der Waals surface area contributed by atoms with Crippen LogP contribution in [-0.4, -0.2) is 13.2 Å². The predicted molar refractivity (Wildman–Crippen MR) is 88.9 cm³/mol. The standard InChI is InChI=1S/C19H25NO/c1-14-9-5-6-10-17(14)13-15(2)20-16(3)18-11-7-8-12-19(18)21-4/h5-12,15-16,20H,13H2,1-4H3. The summed E-state index contributed by atoms with van der Waals surface area (Å²) in [6.45, 7) is 6.59. The van der Waals surface area contributed by atoms with E-state index in [0.29, 0.717) is 6.04 Å². The van der Waals surface area contributed by atoms with Crippen molar-refractivity contribution in [3.05, 3.63) is 65.2 Å². The summed E-state index contributed by atoms with van der Waals surface area (Å²) in [5.74, 6) is 0.945. The van der Waals surface area contributed by atoms with Crippen molar-refractivity contribution in [2.45, 2.75) is 39.3 Å². The van der Waals surface area contributed by atoms with E-state index in [1.807, 2.05) is 12.1 Å². The van der Waals surface area contributed by atoms with E-state index in [0.717, 1.165) is 12.2 Å². The third-order valence-corrected chi connectivity index (χ3v) is 3.93. The summed E-state index contributed by atoms with van der Waals surface area (Å²) in [4.78, 5) is 0. The first-order valence-electron chi connectivity index (χ1n) is 7.55. The van der Waals surface area contributed by atoms with E-state index in [1.54, 1.807) is 7.11 Å². The van der Waals surface area contributed by atoms with Crippen molar-refractivity contribution in [2.24, 2.45) is 0 Å². The third-order valence-electron chi connectivity index (χ3n) is 3.93. The molecule has 2 aromatic rings. The van der Waals surface area contributed by atoms with Crippen LogP contribution in [0, 0.1) is 6.92 Å². The molecule has 0 spiro atoms. The number of aryl methyl sites for hydroxylation is 1. The highest BCUT2D eigenvalue weighted by molar-refractivity contribution is 5.35. The maximum Gasteiger partial charge on any atom is 0.123 e. The van der Waals surface area contributed by atoms with E-state index in [9.17, 15) is 0 Å². The summed E-state index contributed by atoms with van der Waals surface area (Å²) < 4.78 is 5.45. The van der Waals surface area contributed by atoms with Crippen molar-refractivity contribution in [1.29, 1.82) is 0 Å². The second-order valence-electron chi connectivity index (χ2n) is 5.66. The fraction of sp³-hybridized carbons (Fsp3) is 0.368. The molecule has 0 radical (unpaired) electrons. The molecule has 0 saturated heterocycles. The number of hydrogen-bond donors (Lipinski definition) is 1. The van der Waals surface area contributed by atoms with Gasteiger partial charge in [0.15, 0.2) is 0 Å². The van der Waals surface area contributed by atoms with Crippen molar-refractivity contribution in [3.63, 3.8) is 0 Å². The normalized spacial score (nSPS) is 13.7. The summed E-state index contributed by atoms with van der Waals surface area (Å²) in [5, 5.41) is 3.67. The molecule has 2 atom stereocenters. The fourth-order valence-corrected chi connectivity index (χ4v) is 2.77. The summed E-state index contributed by atoms with van der Waals surface area (Å²) in [6.07, 6.45) is 1.03. The van der Waals surface area contributed by atoms with Crippen LogP contribution in [0.25, 0.3) is 0 Å². The van der Waals surface area contributed by atoms with Gasteiger partial charge < -0.3 is 10.1 Å². The molecule has 112 valence electrons. The predicted octanol–water partition coefficient (Wildman–Crippen LogP) is 4.29. The lowest BCUT2D eigenvalue weighted by Gasteiger charge is -2.22. The highest BCUT2D eigenvalue weighted by atomic mass is 16.5. The average molecular weight is 283 g/mol. The smallest absolute Gasteiger partial charge is 0.123 e. The molecule has 2 nitrogen and oxygen atoms in total. The van der Waals surface area contributed by atoms with Gasteiger partial charge in [-0.3, -0.25) is 0 Å². The molecule has 0 aromatic heterocycles. The Balaban J connectivity index is 2.02. The van der Waals surface area contributed by atoms with Gasteiger partial charge in [0.05, 0.1) is 7.11 Å². The van der Waals surface area contributed by atoms with E-state index in [4.69, 9.17) is 4.74 Å². The quantitative estimate of drug-likeness (QED) is 0.854. The lowest BCUT2D eigenvalue weighted by molar-refractivity contribution is 0.395. The minimum Gasteiger partial charge on any atom is -0.496 e. The number of para-hydroxylation sites is 1. The number of hydrogen-bond acceptors (Lipinski definition) is 2. The molecule has 0 aliphatic carbocycles. The van der Waals surface area contributed by atoms with Gasteiger partial charge in [-0.15, -0.1) is 0 Å². The van der Waals surface area contributed by atoms with Gasteiger partial charge in [-0.05, 0) is 44.4 Å². The van der Waals surface area contributed by atoms with Crippen LogP contribution in [0.15, 0.2) is 48.5 Å². The second kappa shape index (κ2) is 7.28.